The van der Waals surface area contributed by atoms with Crippen molar-refractivity contribution in [1.29, 1.82) is 0 Å². The van der Waals surface area contributed by atoms with E-state index in [0.29, 0.717) is 11.9 Å². The van der Waals surface area contributed by atoms with Gasteiger partial charge < -0.3 is 9.47 Å². The molecule has 0 saturated carbocycles. The summed E-state index contributed by atoms with van der Waals surface area (Å²) < 4.78 is 2.37. The highest BCUT2D eigenvalue weighted by Gasteiger charge is 2.32. The molecule has 8 heteroatoms. The van der Waals surface area contributed by atoms with Crippen LogP contribution in [0.25, 0.3) is 22.6 Å². The van der Waals surface area contributed by atoms with Crippen LogP contribution in [0.15, 0.2) is 61.1 Å². The van der Waals surface area contributed by atoms with Gasteiger partial charge in [-0.1, -0.05) is 12.1 Å². The number of likely N-dealkylation sites (tertiary alicyclic amines) is 2. The van der Waals surface area contributed by atoms with Crippen molar-refractivity contribution in [3.8, 4) is 11.5 Å². The smallest absolute Gasteiger partial charge is 0.225 e. The van der Waals surface area contributed by atoms with Crippen LogP contribution in [0.1, 0.15) is 42.9 Å². The van der Waals surface area contributed by atoms with Crippen LogP contribution >= 0.6 is 0 Å². The lowest BCUT2D eigenvalue weighted by atomic mass is 9.93. The number of nitrogens with zero attached hydrogens (tertiary/aromatic N) is 7. The normalized spacial score (nSPS) is 17.9. The maximum Gasteiger partial charge on any atom is 0.225 e. The second kappa shape index (κ2) is 10.4. The monoisotopic (exact) mass is 495 g/mol. The number of piperidine rings is 2. The van der Waals surface area contributed by atoms with Gasteiger partial charge >= 0.3 is 0 Å². The molecule has 0 radical (unpaired) electrons. The number of hydrogen-bond acceptors (Lipinski definition) is 6. The van der Waals surface area contributed by atoms with Crippen LogP contribution in [0, 0.1) is 12.8 Å². The Bertz CT molecular complexity index is 1360. The zero-order valence-corrected chi connectivity index (χ0v) is 21.3. The first-order chi connectivity index (χ1) is 18.2. The number of imidazole rings is 1. The molecule has 2 aliphatic heterocycles. The average molecular weight is 496 g/mol. The molecular weight excluding hydrogens is 462 g/mol. The molecule has 190 valence electrons. The molecule has 0 aliphatic carbocycles. The molecule has 5 heterocycles. The number of benzene rings is 1. The van der Waals surface area contributed by atoms with Gasteiger partial charge in [-0.3, -0.25) is 14.7 Å². The van der Waals surface area contributed by atoms with Gasteiger partial charge in [0, 0.05) is 44.0 Å². The molecule has 1 aromatic carbocycles. The predicted octanol–water partition coefficient (Wildman–Crippen LogP) is 4.27. The third-order valence-corrected chi connectivity index (χ3v) is 7.87. The summed E-state index contributed by atoms with van der Waals surface area (Å²) in [5, 5.41) is 7.83. The van der Waals surface area contributed by atoms with Crippen LogP contribution in [0.3, 0.4) is 0 Å². The zero-order chi connectivity index (χ0) is 25.2. The highest BCUT2D eigenvalue weighted by Crippen LogP contribution is 2.34. The van der Waals surface area contributed by atoms with E-state index >= 15 is 0 Å². The Kier molecular flexibility index (Phi) is 6.66. The largest absolute Gasteiger partial charge is 0.342 e. The summed E-state index contributed by atoms with van der Waals surface area (Å²) in [7, 11) is 0. The first-order valence-electron chi connectivity index (χ1n) is 13.3. The van der Waals surface area contributed by atoms with Gasteiger partial charge in [0.1, 0.15) is 5.69 Å². The Morgan fingerprint density at radius 1 is 0.946 bits per heavy atom. The van der Waals surface area contributed by atoms with Crippen LogP contribution in [0.2, 0.25) is 0 Å². The quantitative estimate of drug-likeness (QED) is 0.411. The van der Waals surface area contributed by atoms with Gasteiger partial charge in [0.25, 0.3) is 0 Å². The van der Waals surface area contributed by atoms with Gasteiger partial charge in [-0.2, -0.15) is 10.2 Å². The number of hydrogen-bond donors (Lipinski definition) is 0. The van der Waals surface area contributed by atoms with E-state index in [0.717, 1.165) is 81.0 Å². The van der Waals surface area contributed by atoms with Crippen molar-refractivity contribution >= 4 is 16.9 Å². The van der Waals surface area contributed by atoms with Gasteiger partial charge in [-0.25, -0.2) is 4.98 Å². The van der Waals surface area contributed by atoms with Gasteiger partial charge in [0.15, 0.2) is 5.82 Å². The molecule has 1 amide bonds. The van der Waals surface area contributed by atoms with E-state index in [9.17, 15) is 4.79 Å². The van der Waals surface area contributed by atoms with Gasteiger partial charge in [0.05, 0.1) is 17.2 Å². The molecule has 37 heavy (non-hydrogen) atoms. The summed E-state index contributed by atoms with van der Waals surface area (Å²) in [5.74, 6) is 1.38. The molecule has 2 fully saturated rings. The summed E-state index contributed by atoms with van der Waals surface area (Å²) in [6.45, 7) is 6.45. The molecule has 3 aromatic heterocycles. The summed E-state index contributed by atoms with van der Waals surface area (Å²) in [6, 6.07) is 14.8. The molecule has 4 aromatic rings. The van der Waals surface area contributed by atoms with Crippen LogP contribution in [-0.4, -0.2) is 66.6 Å². The maximum absolute atomic E-state index is 13.4. The van der Waals surface area contributed by atoms with E-state index in [1.807, 2.05) is 36.7 Å². The number of amides is 1. The summed E-state index contributed by atoms with van der Waals surface area (Å²) in [4.78, 5) is 27.5. The molecule has 0 bridgehead atoms. The third kappa shape index (κ3) is 4.98. The molecular formula is C29H33N7O. The Labute approximate surface area is 217 Å². The SMILES string of the molecule is Cc1ccc2c(c1)nc(-c1ccccn1)n2C1CCN(C(=O)C2CCN(Cc3ccnnc3)CC2)CC1. The van der Waals surface area contributed by atoms with Crippen LogP contribution in [0.4, 0.5) is 0 Å². The van der Waals surface area contributed by atoms with Crippen LogP contribution in [0.5, 0.6) is 0 Å². The van der Waals surface area contributed by atoms with Gasteiger partial charge in [-0.05, 0) is 87.2 Å². The van der Waals surface area contributed by atoms with Gasteiger partial charge in [-0.15, -0.1) is 0 Å². The number of aromatic nitrogens is 5. The lowest BCUT2D eigenvalue weighted by Gasteiger charge is -2.38. The van der Waals surface area contributed by atoms with Crippen LogP contribution in [-0.2, 0) is 11.3 Å². The van der Waals surface area contributed by atoms with Crippen LogP contribution < -0.4 is 0 Å². The first-order valence-corrected chi connectivity index (χ1v) is 13.3. The molecule has 0 unspecified atom stereocenters. The van der Waals surface area contributed by atoms with Crippen molar-refractivity contribution in [3.05, 3.63) is 72.2 Å². The lowest BCUT2D eigenvalue weighted by Crippen LogP contribution is -2.45. The van der Waals surface area contributed by atoms with E-state index < -0.39 is 0 Å². The fraction of sp³-hybridized carbons (Fsp3) is 0.414. The minimum absolute atomic E-state index is 0.129. The van der Waals surface area contributed by atoms with Crippen molar-refractivity contribution in [2.75, 3.05) is 26.2 Å². The average Bonchev–Trinajstić information content (AvgIpc) is 3.33. The van der Waals surface area contributed by atoms with E-state index in [1.54, 1.807) is 6.20 Å². The summed E-state index contributed by atoms with van der Waals surface area (Å²) in [6.07, 6.45) is 9.09. The molecule has 2 saturated heterocycles. The summed E-state index contributed by atoms with van der Waals surface area (Å²) >= 11 is 0. The topological polar surface area (TPSA) is 80.0 Å². The minimum atomic E-state index is 0.129. The van der Waals surface area contributed by atoms with Crippen molar-refractivity contribution in [2.24, 2.45) is 5.92 Å². The number of rotatable bonds is 5. The molecule has 6 rings (SSSR count). The molecule has 0 spiro atoms. The van der Waals surface area contributed by atoms with Crippen molar-refractivity contribution in [2.45, 2.75) is 45.2 Å². The number of fused-ring (bicyclic) bond motifs is 1. The third-order valence-electron chi connectivity index (χ3n) is 7.87. The molecule has 2 aliphatic rings. The van der Waals surface area contributed by atoms with Crippen molar-refractivity contribution in [3.63, 3.8) is 0 Å². The molecule has 0 atom stereocenters. The fourth-order valence-electron chi connectivity index (χ4n) is 5.86. The Morgan fingerprint density at radius 3 is 2.51 bits per heavy atom. The maximum atomic E-state index is 13.4. The van der Waals surface area contributed by atoms with Gasteiger partial charge in [0.2, 0.25) is 5.91 Å². The lowest BCUT2D eigenvalue weighted by molar-refractivity contribution is -0.138. The fourth-order valence-corrected chi connectivity index (χ4v) is 5.86. The zero-order valence-electron chi connectivity index (χ0n) is 21.3. The Balaban J connectivity index is 1.12. The Hall–Kier alpha value is -3.65. The predicted molar refractivity (Wildman–Crippen MR) is 143 cm³/mol. The second-order valence-electron chi connectivity index (χ2n) is 10.4. The number of aryl methyl sites for hydroxylation is 1. The van der Waals surface area contributed by atoms with Crippen molar-refractivity contribution < 1.29 is 4.79 Å². The summed E-state index contributed by atoms with van der Waals surface area (Å²) in [5.41, 5.74) is 5.42. The number of pyridine rings is 1. The standard InChI is InChI=1S/C29H33N7O/c1-21-5-6-27-26(18-21)33-28(25-4-2-3-12-30-25)36(27)24-10-16-35(17-11-24)29(37)23-8-14-34(15-9-23)20-22-7-13-31-32-19-22/h2-7,12-13,18-19,23-24H,8-11,14-17,20H2,1H3. The molecule has 8 nitrogen and oxygen atoms in total. The number of carbonyl (C=O) groups is 1. The van der Waals surface area contributed by atoms with E-state index in [2.05, 4.69) is 54.7 Å². The highest BCUT2D eigenvalue weighted by atomic mass is 16.2. The minimum Gasteiger partial charge on any atom is -0.342 e. The Morgan fingerprint density at radius 2 is 1.78 bits per heavy atom. The highest BCUT2D eigenvalue weighted by molar-refractivity contribution is 5.81. The number of carbonyl (C=O) groups excluding carboxylic acids is 1. The second-order valence-corrected chi connectivity index (χ2v) is 10.4. The molecule has 0 N–H and O–H groups in total. The van der Waals surface area contributed by atoms with E-state index in [-0.39, 0.29) is 5.92 Å². The van der Waals surface area contributed by atoms with Crippen molar-refractivity contribution in [1.82, 2.24) is 34.5 Å². The first kappa shape index (κ1) is 23.7. The van der Waals surface area contributed by atoms with E-state index in [1.165, 1.54) is 11.1 Å². The van der Waals surface area contributed by atoms with E-state index in [4.69, 9.17) is 4.98 Å².